The van der Waals surface area contributed by atoms with Gasteiger partial charge in [-0.05, 0) is 12.5 Å². The summed E-state index contributed by atoms with van der Waals surface area (Å²) in [6.07, 6.45) is 6.65. The van der Waals surface area contributed by atoms with Gasteiger partial charge in [0.05, 0.1) is 18.8 Å². The summed E-state index contributed by atoms with van der Waals surface area (Å²) in [5, 5.41) is 4.28. The first-order valence-electron chi connectivity index (χ1n) is 6.49. The highest BCUT2D eigenvalue weighted by molar-refractivity contribution is 5.91. The van der Waals surface area contributed by atoms with E-state index in [0.29, 0.717) is 19.1 Å². The molecule has 0 aliphatic carbocycles. The van der Waals surface area contributed by atoms with Gasteiger partial charge in [0.1, 0.15) is 12.5 Å². The molecule has 2 atom stereocenters. The van der Waals surface area contributed by atoms with E-state index in [4.69, 9.17) is 15.2 Å². The van der Waals surface area contributed by atoms with Crippen molar-refractivity contribution in [3.63, 3.8) is 0 Å². The van der Waals surface area contributed by atoms with Crippen molar-refractivity contribution >= 4 is 5.84 Å². The van der Waals surface area contributed by atoms with E-state index in [9.17, 15) is 0 Å². The third kappa shape index (κ3) is 4.04. The zero-order valence-electron chi connectivity index (χ0n) is 11.8. The minimum atomic E-state index is 0. The van der Waals surface area contributed by atoms with Crippen LogP contribution in [0.2, 0.25) is 0 Å². The molecule has 0 unspecified atom stereocenters. The van der Waals surface area contributed by atoms with Crippen LogP contribution in [-0.2, 0) is 9.47 Å². The lowest BCUT2D eigenvalue weighted by molar-refractivity contribution is -0.128. The van der Waals surface area contributed by atoms with Crippen molar-refractivity contribution in [3.8, 4) is 0 Å². The Morgan fingerprint density at radius 1 is 1.55 bits per heavy atom. The van der Waals surface area contributed by atoms with Gasteiger partial charge in [0, 0.05) is 32.5 Å². The summed E-state index contributed by atoms with van der Waals surface area (Å²) in [5.41, 5.74) is 5.63. The van der Waals surface area contributed by atoms with Gasteiger partial charge in [0.25, 0.3) is 0 Å². The van der Waals surface area contributed by atoms with E-state index in [1.807, 2.05) is 12.3 Å². The summed E-state index contributed by atoms with van der Waals surface area (Å²) in [5.74, 6) is 0.572. The number of hydrogen-bond acceptors (Lipinski definition) is 6. The molecule has 2 N–H and O–H groups in total. The van der Waals surface area contributed by atoms with Crippen LogP contribution >= 0.6 is 0 Å². The average Bonchev–Trinajstić information content (AvgIpc) is 2.45. The standard InChI is InChI=1S/C13H22N4O2.N/c1-3-8-19-12-9-16(6-4-11(12)18-2)17-7-5-13(14)15-10-17;/h3,5,7,11-12H,1,4,6,8-10H2,2H3,(H2,14,15);/t11-,12+;/m0./s1. The summed E-state index contributed by atoms with van der Waals surface area (Å²) in [4.78, 5) is 4.22. The number of hydrazine groups is 1. The normalized spacial score (nSPS) is 26.9. The highest BCUT2D eigenvalue weighted by Gasteiger charge is 2.32. The number of rotatable bonds is 5. The monoisotopic (exact) mass is 280 g/mol. The zero-order valence-corrected chi connectivity index (χ0v) is 11.8. The topological polar surface area (TPSA) is 93.8 Å². The summed E-state index contributed by atoms with van der Waals surface area (Å²) in [6.45, 7) is 6.49. The van der Waals surface area contributed by atoms with Crippen molar-refractivity contribution in [1.82, 2.24) is 16.2 Å². The Kier molecular flexibility index (Phi) is 6.66. The van der Waals surface area contributed by atoms with E-state index in [1.54, 1.807) is 13.2 Å². The Morgan fingerprint density at radius 2 is 2.35 bits per heavy atom. The lowest BCUT2D eigenvalue weighted by Gasteiger charge is -2.42. The molecule has 1 fully saturated rings. The molecule has 0 aromatic rings. The Labute approximate surface area is 120 Å². The molecule has 0 amide bonds. The fourth-order valence-electron chi connectivity index (χ4n) is 2.33. The van der Waals surface area contributed by atoms with Crippen LogP contribution in [0.1, 0.15) is 6.42 Å². The molecule has 20 heavy (non-hydrogen) atoms. The van der Waals surface area contributed by atoms with Crippen LogP contribution in [0.15, 0.2) is 29.9 Å². The van der Waals surface area contributed by atoms with Crippen molar-refractivity contribution in [1.29, 1.82) is 0 Å². The van der Waals surface area contributed by atoms with E-state index in [2.05, 4.69) is 21.6 Å². The van der Waals surface area contributed by atoms with Gasteiger partial charge in [0.2, 0.25) is 0 Å². The quantitative estimate of drug-likeness (QED) is 0.707. The minimum absolute atomic E-state index is 0. The minimum Gasteiger partial charge on any atom is -0.384 e. The molecule has 111 valence electrons. The molecule has 2 aliphatic heterocycles. The van der Waals surface area contributed by atoms with E-state index in [-0.39, 0.29) is 18.4 Å². The molecule has 7 heteroatoms. The van der Waals surface area contributed by atoms with Gasteiger partial charge in [-0.1, -0.05) is 6.08 Å². The second kappa shape index (κ2) is 8.01. The van der Waals surface area contributed by atoms with Gasteiger partial charge in [-0.3, -0.25) is 5.01 Å². The number of methoxy groups -OCH3 is 1. The van der Waals surface area contributed by atoms with Gasteiger partial charge < -0.3 is 15.2 Å². The van der Waals surface area contributed by atoms with Crippen molar-refractivity contribution < 1.29 is 9.47 Å². The summed E-state index contributed by atoms with van der Waals surface area (Å²) in [6, 6.07) is 0. The first-order valence-corrected chi connectivity index (χ1v) is 6.49. The average molecular weight is 280 g/mol. The molecule has 0 bridgehead atoms. The fourth-order valence-corrected chi connectivity index (χ4v) is 2.33. The number of amidine groups is 1. The molecule has 0 saturated carbocycles. The largest absolute Gasteiger partial charge is 0.384 e. The van der Waals surface area contributed by atoms with Crippen molar-refractivity contribution in [2.45, 2.75) is 18.6 Å². The lowest BCUT2D eigenvalue weighted by atomic mass is 10.1. The Hall–Kier alpha value is -1.41. The van der Waals surface area contributed by atoms with E-state index >= 15 is 0 Å². The SMILES string of the molecule is C=CCO[C@@H]1CN(N2C=CC(N)=NC2)CC[C@@H]1OC.[N]. The Balaban J connectivity index is 0.00000200. The lowest BCUT2D eigenvalue weighted by Crippen LogP contribution is -2.54. The van der Waals surface area contributed by atoms with Gasteiger partial charge >= 0.3 is 0 Å². The smallest absolute Gasteiger partial charge is 0.126 e. The number of aliphatic imine (C=N–C) groups is 1. The zero-order chi connectivity index (χ0) is 13.7. The Morgan fingerprint density at radius 3 is 2.95 bits per heavy atom. The molecular weight excluding hydrogens is 258 g/mol. The molecular formula is C13H22N5O2. The van der Waals surface area contributed by atoms with E-state index in [0.717, 1.165) is 19.5 Å². The Bertz CT molecular complexity index is 372. The summed E-state index contributed by atoms with van der Waals surface area (Å²) < 4.78 is 11.3. The van der Waals surface area contributed by atoms with E-state index < -0.39 is 0 Å². The molecule has 0 spiro atoms. The third-order valence-electron chi connectivity index (χ3n) is 3.39. The predicted molar refractivity (Wildman–Crippen MR) is 76.5 cm³/mol. The van der Waals surface area contributed by atoms with Gasteiger partial charge in [-0.2, -0.15) is 0 Å². The molecule has 2 rings (SSSR count). The number of hydrogen-bond donors (Lipinski definition) is 1. The van der Waals surface area contributed by atoms with Crippen LogP contribution in [0, 0.1) is 0 Å². The highest BCUT2D eigenvalue weighted by atomic mass is 16.5. The molecule has 0 aromatic carbocycles. The van der Waals surface area contributed by atoms with Crippen LogP contribution in [0.3, 0.4) is 0 Å². The van der Waals surface area contributed by atoms with Crippen LogP contribution in [0.25, 0.3) is 0 Å². The van der Waals surface area contributed by atoms with Crippen LogP contribution < -0.4 is 11.9 Å². The first kappa shape index (κ1) is 16.6. The molecule has 7 nitrogen and oxygen atoms in total. The summed E-state index contributed by atoms with van der Waals surface area (Å²) in [7, 11) is 1.73. The fraction of sp³-hybridized carbons (Fsp3) is 0.615. The van der Waals surface area contributed by atoms with Gasteiger partial charge in [0.15, 0.2) is 0 Å². The maximum Gasteiger partial charge on any atom is 0.126 e. The van der Waals surface area contributed by atoms with Crippen molar-refractivity contribution in [2.24, 2.45) is 10.7 Å². The highest BCUT2D eigenvalue weighted by Crippen LogP contribution is 2.19. The first-order chi connectivity index (χ1) is 9.24. The second-order valence-corrected chi connectivity index (χ2v) is 4.62. The molecule has 2 aliphatic rings. The second-order valence-electron chi connectivity index (χ2n) is 4.62. The van der Waals surface area contributed by atoms with Gasteiger partial charge in [-0.25, -0.2) is 10.0 Å². The number of piperidine rings is 1. The maximum absolute atomic E-state index is 5.78. The summed E-state index contributed by atoms with van der Waals surface area (Å²) >= 11 is 0. The molecule has 1 saturated heterocycles. The number of ether oxygens (including phenoxy) is 2. The van der Waals surface area contributed by atoms with E-state index in [1.165, 1.54) is 0 Å². The number of nitrogens with two attached hydrogens (primary N) is 1. The van der Waals surface area contributed by atoms with Crippen LogP contribution in [0.4, 0.5) is 0 Å². The molecule has 0 aromatic heterocycles. The number of nitrogens with zero attached hydrogens (tertiary/aromatic N) is 4. The maximum atomic E-state index is 5.78. The van der Waals surface area contributed by atoms with Crippen LogP contribution in [0.5, 0.6) is 0 Å². The van der Waals surface area contributed by atoms with Crippen LogP contribution in [-0.4, -0.2) is 61.5 Å². The van der Waals surface area contributed by atoms with Crippen molar-refractivity contribution in [3.05, 3.63) is 24.9 Å². The molecule has 2 heterocycles. The van der Waals surface area contributed by atoms with Gasteiger partial charge in [-0.15, -0.1) is 6.58 Å². The van der Waals surface area contributed by atoms with Crippen molar-refractivity contribution in [2.75, 3.05) is 33.5 Å². The third-order valence-corrected chi connectivity index (χ3v) is 3.39. The predicted octanol–water partition coefficient (Wildman–Crippen LogP) is -0.143. The molecule has 3 radical (unpaired) electrons.